The number of nitriles is 1. The van der Waals surface area contributed by atoms with Crippen LogP contribution in [0.1, 0.15) is 67.6 Å². The molecule has 0 aliphatic carbocycles. The quantitative estimate of drug-likeness (QED) is 0.0474. The number of hydrogen-bond donors (Lipinski definition) is 1. The van der Waals surface area contributed by atoms with Crippen molar-refractivity contribution in [3.63, 3.8) is 0 Å². The average Bonchev–Trinajstić information content (AvgIpc) is 3.88. The summed E-state index contributed by atoms with van der Waals surface area (Å²) in [6, 6.07) is 39.7. The van der Waals surface area contributed by atoms with Crippen LogP contribution >= 0.6 is 8.53 Å². The third-order valence-corrected chi connectivity index (χ3v) is 12.7. The maximum atomic E-state index is 13.1. The van der Waals surface area contributed by atoms with Gasteiger partial charge in [0.25, 0.3) is 14.4 Å². The van der Waals surface area contributed by atoms with Gasteiger partial charge in [0.1, 0.15) is 23.8 Å². The Labute approximate surface area is 358 Å². The van der Waals surface area contributed by atoms with E-state index in [1.807, 2.05) is 83.4 Å². The molecule has 2 aromatic heterocycles. The minimum absolute atomic E-state index is 0.105. The monoisotopic (exact) mass is 841 g/mol. The van der Waals surface area contributed by atoms with Crippen LogP contribution in [0.5, 0.6) is 5.75 Å². The van der Waals surface area contributed by atoms with Gasteiger partial charge in [0, 0.05) is 24.1 Å². The van der Waals surface area contributed by atoms with Crippen LogP contribution < -0.4 is 10.1 Å². The molecule has 1 aliphatic heterocycles. The highest BCUT2D eigenvalue weighted by Crippen LogP contribution is 2.50. The van der Waals surface area contributed by atoms with Gasteiger partial charge >= 0.3 is 0 Å². The van der Waals surface area contributed by atoms with E-state index in [2.05, 4.69) is 83.0 Å². The highest BCUT2D eigenvalue weighted by molar-refractivity contribution is 7.44. The fraction of sp³-hybridized carbons (Fsp3) is 0.340. The molecule has 14 heteroatoms. The fourth-order valence-electron chi connectivity index (χ4n) is 7.81. The molecule has 1 unspecified atom stereocenters. The van der Waals surface area contributed by atoms with Crippen molar-refractivity contribution in [1.29, 1.82) is 5.26 Å². The Morgan fingerprint density at radius 3 is 2.13 bits per heavy atom. The molecule has 1 aliphatic rings. The summed E-state index contributed by atoms with van der Waals surface area (Å²) < 4.78 is 37.4. The zero-order valence-corrected chi connectivity index (χ0v) is 36.0. The second-order valence-corrected chi connectivity index (χ2v) is 16.7. The van der Waals surface area contributed by atoms with E-state index in [1.165, 1.54) is 6.33 Å². The average molecular weight is 842 g/mol. The van der Waals surface area contributed by atoms with Gasteiger partial charge in [-0.1, -0.05) is 91.0 Å². The Bertz CT molecular complexity index is 2310. The largest absolute Gasteiger partial charge is 0.497 e. The predicted octanol–water partition coefficient (Wildman–Crippen LogP) is 8.91. The number of imidazole rings is 1. The molecular weight excluding hydrogens is 790 g/mol. The molecule has 0 radical (unpaired) electrons. The lowest BCUT2D eigenvalue weighted by Crippen LogP contribution is -2.39. The summed E-state index contributed by atoms with van der Waals surface area (Å²) in [4.78, 5) is 26.6. The molecule has 1 N–H and O–H groups in total. The molecule has 61 heavy (non-hydrogen) atoms. The first-order valence-electron chi connectivity index (χ1n) is 20.5. The summed E-state index contributed by atoms with van der Waals surface area (Å²) >= 11 is 0. The SMILES string of the molecule is COc1ccc(C(OC[C@H]2O[C@@H](Cn3cnc4c(NC(=O)c5ccccc5)ncnc43)C[C@@H]2OP(OCCC#N)N(C(C)C)C(C)C)(c2ccccc2)c2ccccc2)cc1. The van der Waals surface area contributed by atoms with E-state index >= 15 is 0 Å². The van der Waals surface area contributed by atoms with E-state index in [4.69, 9.17) is 23.3 Å². The number of rotatable bonds is 19. The van der Waals surface area contributed by atoms with Crippen molar-refractivity contribution in [2.24, 2.45) is 0 Å². The van der Waals surface area contributed by atoms with Gasteiger partial charge in [0.15, 0.2) is 17.0 Å². The highest BCUT2D eigenvalue weighted by Gasteiger charge is 2.44. The molecule has 1 fully saturated rings. The molecule has 1 amide bonds. The number of methoxy groups -OCH3 is 1. The highest BCUT2D eigenvalue weighted by atomic mass is 31.2. The number of amides is 1. The maximum Gasteiger partial charge on any atom is 0.259 e. The van der Waals surface area contributed by atoms with Crippen LogP contribution in [0.4, 0.5) is 5.82 Å². The molecular formula is C47H52N7O6P. The van der Waals surface area contributed by atoms with E-state index in [9.17, 15) is 10.1 Å². The van der Waals surface area contributed by atoms with E-state index in [0.29, 0.717) is 35.5 Å². The Morgan fingerprint density at radius 1 is 0.902 bits per heavy atom. The Hall–Kier alpha value is -5.58. The van der Waals surface area contributed by atoms with Crippen LogP contribution in [0, 0.1) is 11.3 Å². The minimum atomic E-state index is -1.60. The summed E-state index contributed by atoms with van der Waals surface area (Å²) in [5.74, 6) is 0.762. The number of fused-ring (bicyclic) bond motifs is 1. The number of hydrogen-bond acceptors (Lipinski definition) is 11. The standard InChI is InChI=1S/C47H52N7O6P/c1-33(2)54(34(3)4)61(58-27-15-26-48)60-41-28-40(29-53-32-51-43-44(49-31-50-45(43)53)52-46(55)35-16-9-6-10-17-35)59-42(41)30-57-47(36-18-11-7-12-19-36,37-20-13-8-14-21-37)38-22-24-39(56-5)25-23-38/h6-14,16-25,31-34,40-42H,15,27-30H2,1-5H3,(H,49,50,52,55)/t40-,41+,42-,61?/m1/s1. The first-order valence-corrected chi connectivity index (χ1v) is 21.7. The van der Waals surface area contributed by atoms with Crippen LogP contribution in [-0.4, -0.2) is 80.8 Å². The van der Waals surface area contributed by atoms with Crippen LogP contribution in [-0.2, 0) is 30.7 Å². The van der Waals surface area contributed by atoms with Crippen LogP contribution in [0.25, 0.3) is 11.2 Å². The van der Waals surface area contributed by atoms with Crippen molar-refractivity contribution in [1.82, 2.24) is 24.2 Å². The van der Waals surface area contributed by atoms with Crippen LogP contribution in [0.3, 0.4) is 0 Å². The Morgan fingerprint density at radius 2 is 1.52 bits per heavy atom. The molecule has 6 aromatic rings. The molecule has 316 valence electrons. The number of nitrogens with zero attached hydrogens (tertiary/aromatic N) is 6. The van der Waals surface area contributed by atoms with Gasteiger partial charge in [-0.15, -0.1) is 0 Å². The Kier molecular flexibility index (Phi) is 14.5. The number of carbonyl (C=O) groups excluding carboxylic acids is 1. The third-order valence-electron chi connectivity index (χ3n) is 10.6. The molecule has 0 saturated carbocycles. The normalized spacial score (nSPS) is 17.2. The van der Waals surface area contributed by atoms with E-state index in [0.717, 1.165) is 22.4 Å². The topological polar surface area (TPSA) is 146 Å². The van der Waals surface area contributed by atoms with E-state index in [-0.39, 0.29) is 43.7 Å². The number of anilines is 1. The molecule has 4 atom stereocenters. The van der Waals surface area contributed by atoms with Gasteiger partial charge in [-0.05, 0) is 68.7 Å². The van der Waals surface area contributed by atoms with E-state index < -0.39 is 26.3 Å². The summed E-state index contributed by atoms with van der Waals surface area (Å²) in [5, 5.41) is 12.3. The molecule has 3 heterocycles. The smallest absolute Gasteiger partial charge is 0.259 e. The number of aromatic nitrogens is 4. The number of nitrogens with one attached hydrogen (secondary N) is 1. The number of carbonyl (C=O) groups is 1. The summed E-state index contributed by atoms with van der Waals surface area (Å²) in [6.45, 7) is 9.26. The van der Waals surface area contributed by atoms with Crippen molar-refractivity contribution < 1.29 is 28.1 Å². The number of benzene rings is 4. The van der Waals surface area contributed by atoms with Gasteiger partial charge in [-0.25, -0.2) is 19.6 Å². The van der Waals surface area contributed by atoms with Crippen LogP contribution in [0.15, 0.2) is 128 Å². The molecule has 4 aromatic carbocycles. The summed E-state index contributed by atoms with van der Waals surface area (Å²) in [6.07, 6.45) is 2.52. The maximum absolute atomic E-state index is 13.1. The zero-order chi connectivity index (χ0) is 42.8. The van der Waals surface area contributed by atoms with E-state index in [1.54, 1.807) is 25.6 Å². The lowest BCUT2D eigenvalue weighted by molar-refractivity contribution is -0.0816. The lowest BCUT2D eigenvalue weighted by Gasteiger charge is -2.39. The third kappa shape index (κ3) is 9.98. The predicted molar refractivity (Wildman–Crippen MR) is 235 cm³/mol. The van der Waals surface area contributed by atoms with Gasteiger partial charge in [-0.2, -0.15) is 5.26 Å². The first kappa shape index (κ1) is 43.5. The lowest BCUT2D eigenvalue weighted by atomic mass is 9.80. The van der Waals surface area contributed by atoms with Crippen molar-refractivity contribution in [3.8, 4) is 11.8 Å². The fourth-order valence-corrected chi connectivity index (χ4v) is 9.57. The molecule has 13 nitrogen and oxygen atoms in total. The molecule has 7 rings (SSSR count). The number of ether oxygens (including phenoxy) is 3. The zero-order valence-electron chi connectivity index (χ0n) is 35.1. The second-order valence-electron chi connectivity index (χ2n) is 15.3. The first-order chi connectivity index (χ1) is 29.7. The van der Waals surface area contributed by atoms with Gasteiger partial charge < -0.3 is 33.1 Å². The van der Waals surface area contributed by atoms with Gasteiger partial charge in [0.2, 0.25) is 0 Å². The Balaban J connectivity index is 1.23. The van der Waals surface area contributed by atoms with Crippen LogP contribution in [0.2, 0.25) is 0 Å². The molecule has 0 bridgehead atoms. The van der Waals surface area contributed by atoms with Crippen molar-refractivity contribution >= 4 is 31.4 Å². The van der Waals surface area contributed by atoms with Crippen molar-refractivity contribution in [2.75, 3.05) is 25.6 Å². The minimum Gasteiger partial charge on any atom is -0.497 e. The summed E-state index contributed by atoms with van der Waals surface area (Å²) in [5.41, 5.74) is 3.31. The van der Waals surface area contributed by atoms with Crippen molar-refractivity contribution in [3.05, 3.63) is 150 Å². The molecule has 1 saturated heterocycles. The second kappa shape index (κ2) is 20.3. The van der Waals surface area contributed by atoms with Gasteiger partial charge in [0.05, 0.1) is 57.9 Å². The van der Waals surface area contributed by atoms with Crippen molar-refractivity contribution in [2.45, 2.75) is 83.1 Å². The summed E-state index contributed by atoms with van der Waals surface area (Å²) in [7, 11) is 0.0498. The molecule has 0 spiro atoms. The van der Waals surface area contributed by atoms with Gasteiger partial charge in [-0.3, -0.25) is 4.79 Å².